The molecule has 1 fully saturated rings. The van der Waals surface area contributed by atoms with Gasteiger partial charge in [-0.25, -0.2) is 0 Å². The molecule has 4 N–H and O–H groups in total. The number of fused-ring (bicyclic) bond motifs is 1. The van der Waals surface area contributed by atoms with Gasteiger partial charge in [0.25, 0.3) is 0 Å². The second-order valence-corrected chi connectivity index (χ2v) is 8.42. The van der Waals surface area contributed by atoms with E-state index in [4.69, 9.17) is 10.7 Å². The van der Waals surface area contributed by atoms with Crippen LogP contribution in [0.5, 0.6) is 0 Å². The largest absolute Gasteiger partial charge is 0.368 e. The molecule has 1 aliphatic rings. The Kier molecular flexibility index (Phi) is 6.89. The Bertz CT molecular complexity index is 1000. The van der Waals surface area contributed by atoms with Crippen molar-refractivity contribution in [2.75, 3.05) is 19.6 Å². The number of para-hydroxylation sites is 1. The van der Waals surface area contributed by atoms with Gasteiger partial charge in [-0.2, -0.15) is 0 Å². The SMILES string of the molecule is NC(=O)C(CCc1ccncc1)(NCCC1CCNCC1)c1ccc2ccccc2n1. The molecule has 0 radical (unpaired) electrons. The van der Waals surface area contributed by atoms with Gasteiger partial charge < -0.3 is 11.1 Å². The van der Waals surface area contributed by atoms with Gasteiger partial charge in [0.1, 0.15) is 5.54 Å². The van der Waals surface area contributed by atoms with Crippen LogP contribution in [0.15, 0.2) is 60.9 Å². The molecular formula is C25H31N5O. The molecule has 6 nitrogen and oxygen atoms in total. The molecule has 1 saturated heterocycles. The maximum Gasteiger partial charge on any atom is 0.243 e. The standard InChI is InChI=1S/C25H31N5O/c26-24(31)25(13-7-19-8-14-27-15-9-19,29-18-12-20-10-16-28-17-11-20)23-6-5-21-3-1-2-4-22(21)30-23/h1-6,8-9,14-15,20,28-29H,7,10-13,16-18H2,(H2,26,31). The third-order valence-corrected chi connectivity index (χ3v) is 6.43. The molecule has 31 heavy (non-hydrogen) atoms. The molecular weight excluding hydrogens is 386 g/mol. The molecule has 0 saturated carbocycles. The molecule has 162 valence electrons. The molecule has 4 rings (SSSR count). The second kappa shape index (κ2) is 9.98. The summed E-state index contributed by atoms with van der Waals surface area (Å²) < 4.78 is 0. The van der Waals surface area contributed by atoms with E-state index in [0.29, 0.717) is 24.5 Å². The van der Waals surface area contributed by atoms with Crippen molar-refractivity contribution < 1.29 is 4.79 Å². The predicted octanol–water partition coefficient (Wildman–Crippen LogP) is 2.92. The monoisotopic (exact) mass is 417 g/mol. The van der Waals surface area contributed by atoms with Gasteiger partial charge in [-0.15, -0.1) is 0 Å². The lowest BCUT2D eigenvalue weighted by atomic mass is 9.85. The first-order chi connectivity index (χ1) is 15.2. The number of primary amides is 1. The van der Waals surface area contributed by atoms with Crippen molar-refractivity contribution >= 4 is 16.8 Å². The Labute approximate surface area is 183 Å². The number of carbonyl (C=O) groups excluding carboxylic acids is 1. The van der Waals surface area contributed by atoms with Crippen LogP contribution < -0.4 is 16.4 Å². The van der Waals surface area contributed by atoms with Crippen LogP contribution in [0.2, 0.25) is 0 Å². The van der Waals surface area contributed by atoms with Gasteiger partial charge in [-0.3, -0.25) is 20.1 Å². The quantitative estimate of drug-likeness (QED) is 0.498. The summed E-state index contributed by atoms with van der Waals surface area (Å²) in [6.45, 7) is 2.87. The van der Waals surface area contributed by atoms with Crippen LogP contribution in [0, 0.1) is 5.92 Å². The first-order valence-corrected chi connectivity index (χ1v) is 11.2. The average molecular weight is 418 g/mol. The van der Waals surface area contributed by atoms with E-state index >= 15 is 0 Å². The summed E-state index contributed by atoms with van der Waals surface area (Å²) in [6, 6.07) is 15.9. The molecule has 6 heteroatoms. The first kappa shape index (κ1) is 21.4. The van der Waals surface area contributed by atoms with Crippen molar-refractivity contribution in [3.05, 3.63) is 72.2 Å². The molecule has 1 atom stereocenters. The number of hydrogen-bond donors (Lipinski definition) is 3. The second-order valence-electron chi connectivity index (χ2n) is 8.42. The minimum absolute atomic E-state index is 0.380. The number of aryl methyl sites for hydroxylation is 1. The van der Waals surface area contributed by atoms with E-state index in [1.165, 1.54) is 12.8 Å². The van der Waals surface area contributed by atoms with Gasteiger partial charge in [-0.1, -0.05) is 24.3 Å². The Balaban J connectivity index is 1.61. The molecule has 0 aliphatic carbocycles. The number of nitrogens with one attached hydrogen (secondary N) is 2. The molecule has 1 aromatic carbocycles. The van der Waals surface area contributed by atoms with Crippen molar-refractivity contribution in [3.63, 3.8) is 0 Å². The number of hydrogen-bond acceptors (Lipinski definition) is 5. The topological polar surface area (TPSA) is 92.9 Å². The summed E-state index contributed by atoms with van der Waals surface area (Å²) in [4.78, 5) is 21.9. The number of nitrogens with two attached hydrogens (primary N) is 1. The summed E-state index contributed by atoms with van der Waals surface area (Å²) >= 11 is 0. The number of amides is 1. The summed E-state index contributed by atoms with van der Waals surface area (Å²) in [5, 5.41) is 8.02. The van der Waals surface area contributed by atoms with Gasteiger partial charge in [0, 0.05) is 17.8 Å². The fraction of sp³-hybridized carbons (Fsp3) is 0.400. The Morgan fingerprint density at radius 2 is 1.87 bits per heavy atom. The highest BCUT2D eigenvalue weighted by Gasteiger charge is 2.39. The van der Waals surface area contributed by atoms with Gasteiger partial charge in [0.05, 0.1) is 11.2 Å². The molecule has 1 unspecified atom stereocenters. The van der Waals surface area contributed by atoms with Crippen molar-refractivity contribution in [1.29, 1.82) is 0 Å². The zero-order chi connectivity index (χ0) is 21.5. The highest BCUT2D eigenvalue weighted by atomic mass is 16.1. The minimum atomic E-state index is -1.01. The Morgan fingerprint density at radius 3 is 2.65 bits per heavy atom. The van der Waals surface area contributed by atoms with Gasteiger partial charge in [-0.05, 0) is 87.5 Å². The lowest BCUT2D eigenvalue weighted by Crippen LogP contribution is -2.54. The summed E-state index contributed by atoms with van der Waals surface area (Å²) in [6.07, 6.45) is 8.19. The zero-order valence-corrected chi connectivity index (χ0v) is 17.9. The molecule has 0 bridgehead atoms. The third kappa shape index (κ3) is 5.09. The number of benzene rings is 1. The molecule has 1 amide bonds. The normalized spacial score (nSPS) is 16.8. The number of rotatable bonds is 9. The van der Waals surface area contributed by atoms with Crippen molar-refractivity contribution in [2.45, 2.75) is 37.6 Å². The van der Waals surface area contributed by atoms with Crippen LogP contribution in [0.3, 0.4) is 0 Å². The molecule has 2 aromatic heterocycles. The predicted molar refractivity (Wildman–Crippen MR) is 123 cm³/mol. The van der Waals surface area contributed by atoms with Crippen molar-refractivity contribution in [1.82, 2.24) is 20.6 Å². The number of piperidine rings is 1. The van der Waals surface area contributed by atoms with E-state index in [1.54, 1.807) is 12.4 Å². The zero-order valence-electron chi connectivity index (χ0n) is 17.9. The van der Waals surface area contributed by atoms with E-state index in [-0.39, 0.29) is 5.91 Å². The summed E-state index contributed by atoms with van der Waals surface area (Å²) in [5.41, 5.74) is 7.74. The first-order valence-electron chi connectivity index (χ1n) is 11.2. The highest BCUT2D eigenvalue weighted by Crippen LogP contribution is 2.28. The molecule has 3 heterocycles. The van der Waals surface area contributed by atoms with Gasteiger partial charge in [0.2, 0.25) is 5.91 Å². The number of nitrogens with zero attached hydrogens (tertiary/aromatic N) is 2. The smallest absolute Gasteiger partial charge is 0.243 e. The van der Waals surface area contributed by atoms with E-state index in [0.717, 1.165) is 42.5 Å². The van der Waals surface area contributed by atoms with Crippen LogP contribution in [-0.2, 0) is 16.8 Å². The van der Waals surface area contributed by atoms with Crippen LogP contribution in [0.4, 0.5) is 0 Å². The van der Waals surface area contributed by atoms with E-state index in [9.17, 15) is 4.79 Å². The third-order valence-electron chi connectivity index (χ3n) is 6.43. The fourth-order valence-electron chi connectivity index (χ4n) is 4.49. The fourth-order valence-corrected chi connectivity index (χ4v) is 4.49. The van der Waals surface area contributed by atoms with Crippen LogP contribution in [-0.4, -0.2) is 35.5 Å². The highest BCUT2D eigenvalue weighted by molar-refractivity contribution is 5.87. The van der Waals surface area contributed by atoms with Crippen LogP contribution in [0.25, 0.3) is 10.9 Å². The van der Waals surface area contributed by atoms with Crippen LogP contribution in [0.1, 0.15) is 36.9 Å². The van der Waals surface area contributed by atoms with E-state index in [1.807, 2.05) is 48.5 Å². The summed E-state index contributed by atoms with van der Waals surface area (Å²) in [7, 11) is 0. The number of aromatic nitrogens is 2. The number of pyridine rings is 2. The molecule has 0 spiro atoms. The van der Waals surface area contributed by atoms with E-state index < -0.39 is 5.54 Å². The van der Waals surface area contributed by atoms with Gasteiger partial charge in [0.15, 0.2) is 0 Å². The van der Waals surface area contributed by atoms with Crippen LogP contribution >= 0.6 is 0 Å². The van der Waals surface area contributed by atoms with E-state index in [2.05, 4.69) is 15.6 Å². The average Bonchev–Trinajstić information content (AvgIpc) is 2.82. The Morgan fingerprint density at radius 1 is 1.10 bits per heavy atom. The Hall–Kier alpha value is -2.83. The lowest BCUT2D eigenvalue weighted by Gasteiger charge is -2.33. The summed E-state index contributed by atoms with van der Waals surface area (Å²) in [5.74, 6) is 0.290. The maximum absolute atomic E-state index is 13.0. The minimum Gasteiger partial charge on any atom is -0.368 e. The number of carbonyl (C=O) groups is 1. The maximum atomic E-state index is 13.0. The molecule has 1 aliphatic heterocycles. The van der Waals surface area contributed by atoms with Crippen molar-refractivity contribution in [2.24, 2.45) is 11.7 Å². The lowest BCUT2D eigenvalue weighted by molar-refractivity contribution is -0.125. The van der Waals surface area contributed by atoms with Gasteiger partial charge >= 0.3 is 0 Å². The molecule has 3 aromatic rings. The van der Waals surface area contributed by atoms with Crippen molar-refractivity contribution in [3.8, 4) is 0 Å².